The molecule has 0 spiro atoms. The molecule has 0 aliphatic heterocycles. The van der Waals surface area contributed by atoms with Crippen LogP contribution in [0.4, 0.5) is 0 Å². The zero-order valence-electron chi connectivity index (χ0n) is 19.8. The molecule has 1 N–H and O–H groups in total. The van der Waals surface area contributed by atoms with Gasteiger partial charge in [0, 0.05) is 19.5 Å². The van der Waals surface area contributed by atoms with Gasteiger partial charge < -0.3 is 19.4 Å². The van der Waals surface area contributed by atoms with Crippen LogP contribution < -0.4 is 14.8 Å². The number of carbonyl (C=O) groups excluding carboxylic acids is 1. The highest BCUT2D eigenvalue weighted by molar-refractivity contribution is 5.79. The van der Waals surface area contributed by atoms with E-state index < -0.39 is 0 Å². The molecule has 176 valence electrons. The number of amides is 1. The van der Waals surface area contributed by atoms with Gasteiger partial charge in [-0.25, -0.2) is 4.98 Å². The molecular formula is C28H31N3O3. The summed E-state index contributed by atoms with van der Waals surface area (Å²) in [5, 5.41) is 3.03. The van der Waals surface area contributed by atoms with E-state index >= 15 is 0 Å². The molecule has 34 heavy (non-hydrogen) atoms. The maximum atomic E-state index is 12.4. The molecule has 6 nitrogen and oxygen atoms in total. The Morgan fingerprint density at radius 3 is 2.44 bits per heavy atom. The van der Waals surface area contributed by atoms with Gasteiger partial charge in [0.15, 0.2) is 11.5 Å². The van der Waals surface area contributed by atoms with E-state index in [2.05, 4.69) is 52.3 Å². The van der Waals surface area contributed by atoms with Crippen LogP contribution in [0.1, 0.15) is 23.4 Å². The number of nitrogens with zero attached hydrogens (tertiary/aromatic N) is 2. The van der Waals surface area contributed by atoms with Crippen LogP contribution in [0.15, 0.2) is 72.8 Å². The predicted molar refractivity (Wildman–Crippen MR) is 134 cm³/mol. The molecule has 0 bridgehead atoms. The van der Waals surface area contributed by atoms with Crippen LogP contribution >= 0.6 is 0 Å². The third kappa shape index (κ3) is 5.76. The Kier molecular flexibility index (Phi) is 7.81. The molecule has 0 aliphatic rings. The summed E-state index contributed by atoms with van der Waals surface area (Å²) in [5.74, 6) is 2.33. The summed E-state index contributed by atoms with van der Waals surface area (Å²) in [4.78, 5) is 17.3. The number of benzene rings is 3. The summed E-state index contributed by atoms with van der Waals surface area (Å²) in [6, 6.07) is 24.3. The fourth-order valence-corrected chi connectivity index (χ4v) is 4.16. The predicted octanol–water partition coefficient (Wildman–Crippen LogP) is 4.59. The molecule has 1 amide bonds. The topological polar surface area (TPSA) is 65.4 Å². The lowest BCUT2D eigenvalue weighted by Crippen LogP contribution is -2.26. The number of nitrogens with one attached hydrogen (secondary N) is 1. The van der Waals surface area contributed by atoms with Crippen molar-refractivity contribution in [1.29, 1.82) is 0 Å². The Hall–Kier alpha value is -3.80. The van der Waals surface area contributed by atoms with Crippen molar-refractivity contribution in [2.75, 3.05) is 20.8 Å². The number of aromatic nitrogens is 2. The van der Waals surface area contributed by atoms with Crippen LogP contribution in [0.3, 0.4) is 0 Å². The molecule has 6 heteroatoms. The van der Waals surface area contributed by atoms with Crippen molar-refractivity contribution in [3.63, 3.8) is 0 Å². The minimum atomic E-state index is -0.00944. The summed E-state index contributed by atoms with van der Waals surface area (Å²) in [5.41, 5.74) is 4.38. The van der Waals surface area contributed by atoms with Gasteiger partial charge in [-0.1, -0.05) is 48.5 Å². The Labute approximate surface area is 200 Å². The van der Waals surface area contributed by atoms with Gasteiger partial charge in [0.1, 0.15) is 5.82 Å². The highest BCUT2D eigenvalue weighted by Gasteiger charge is 2.12. The summed E-state index contributed by atoms with van der Waals surface area (Å²) >= 11 is 0. The van der Waals surface area contributed by atoms with Gasteiger partial charge in [0.05, 0.1) is 31.7 Å². The average molecular weight is 458 g/mol. The molecule has 0 saturated carbocycles. The number of hydrogen-bond donors (Lipinski definition) is 1. The molecule has 4 rings (SSSR count). The van der Waals surface area contributed by atoms with Crippen LogP contribution in [0.5, 0.6) is 11.5 Å². The Balaban J connectivity index is 1.33. The molecule has 0 saturated heterocycles. The Morgan fingerprint density at radius 2 is 1.65 bits per heavy atom. The smallest absolute Gasteiger partial charge is 0.224 e. The van der Waals surface area contributed by atoms with Crippen molar-refractivity contribution in [3.05, 3.63) is 89.7 Å². The van der Waals surface area contributed by atoms with Crippen molar-refractivity contribution in [2.45, 2.75) is 32.2 Å². The summed E-state index contributed by atoms with van der Waals surface area (Å²) in [6.45, 7) is 1.49. The number of rotatable bonds is 11. The second-order valence-electron chi connectivity index (χ2n) is 8.22. The van der Waals surface area contributed by atoms with Crippen molar-refractivity contribution < 1.29 is 14.3 Å². The van der Waals surface area contributed by atoms with Gasteiger partial charge in [-0.3, -0.25) is 4.79 Å². The first-order chi connectivity index (χ1) is 16.7. The third-order valence-electron chi connectivity index (χ3n) is 5.91. The molecular weight excluding hydrogens is 426 g/mol. The van der Waals surface area contributed by atoms with Crippen molar-refractivity contribution in [3.8, 4) is 11.5 Å². The van der Waals surface area contributed by atoms with E-state index in [0.717, 1.165) is 48.2 Å². The van der Waals surface area contributed by atoms with Gasteiger partial charge in [-0.05, 0) is 48.2 Å². The summed E-state index contributed by atoms with van der Waals surface area (Å²) in [7, 11) is 3.19. The zero-order valence-corrected chi connectivity index (χ0v) is 19.8. The molecule has 3 aromatic carbocycles. The van der Waals surface area contributed by atoms with E-state index in [9.17, 15) is 4.79 Å². The largest absolute Gasteiger partial charge is 0.493 e. The molecule has 1 heterocycles. The van der Waals surface area contributed by atoms with E-state index in [1.54, 1.807) is 14.2 Å². The van der Waals surface area contributed by atoms with Crippen molar-refractivity contribution in [2.24, 2.45) is 0 Å². The number of ether oxygens (including phenoxy) is 2. The standard InChI is InChI=1S/C28H31N3O3/c1-33-25-15-14-22(19-26(25)34-2)20-28(32)29-17-8-13-27-30-23-11-6-7-12-24(23)31(27)18-16-21-9-4-3-5-10-21/h3-7,9-12,14-15,19H,8,13,16-18,20H2,1-2H3,(H,29,32). The number of imidazole rings is 1. The molecule has 0 radical (unpaired) electrons. The summed E-state index contributed by atoms with van der Waals surface area (Å²) < 4.78 is 12.9. The number of fused-ring (bicyclic) bond motifs is 1. The summed E-state index contributed by atoms with van der Waals surface area (Å²) in [6.07, 6.45) is 2.89. The van der Waals surface area contributed by atoms with Gasteiger partial charge in [-0.2, -0.15) is 0 Å². The van der Waals surface area contributed by atoms with Gasteiger partial charge >= 0.3 is 0 Å². The molecule has 0 aliphatic carbocycles. The fourth-order valence-electron chi connectivity index (χ4n) is 4.16. The van der Waals surface area contributed by atoms with Crippen LogP contribution in [0.25, 0.3) is 11.0 Å². The maximum Gasteiger partial charge on any atom is 0.224 e. The fraction of sp³-hybridized carbons (Fsp3) is 0.286. The molecule has 0 unspecified atom stereocenters. The molecule has 4 aromatic rings. The molecule has 0 atom stereocenters. The molecule has 0 fully saturated rings. The first-order valence-electron chi connectivity index (χ1n) is 11.6. The highest BCUT2D eigenvalue weighted by Crippen LogP contribution is 2.27. The van der Waals surface area contributed by atoms with Crippen LogP contribution in [0, 0.1) is 0 Å². The van der Waals surface area contributed by atoms with E-state index in [1.807, 2.05) is 30.3 Å². The van der Waals surface area contributed by atoms with E-state index in [4.69, 9.17) is 14.5 Å². The second kappa shape index (κ2) is 11.4. The lowest BCUT2D eigenvalue weighted by atomic mass is 10.1. The Morgan fingerprint density at radius 1 is 0.882 bits per heavy atom. The van der Waals surface area contributed by atoms with Crippen LogP contribution in [-0.4, -0.2) is 36.2 Å². The lowest BCUT2D eigenvalue weighted by molar-refractivity contribution is -0.120. The van der Waals surface area contributed by atoms with Gasteiger partial charge in [0.2, 0.25) is 5.91 Å². The van der Waals surface area contributed by atoms with Gasteiger partial charge in [0.25, 0.3) is 0 Å². The van der Waals surface area contributed by atoms with Crippen molar-refractivity contribution >= 4 is 16.9 Å². The second-order valence-corrected chi connectivity index (χ2v) is 8.22. The number of methoxy groups -OCH3 is 2. The minimum absolute atomic E-state index is 0.00944. The monoisotopic (exact) mass is 457 g/mol. The first kappa shape index (κ1) is 23.4. The molecule has 1 aromatic heterocycles. The lowest BCUT2D eigenvalue weighted by Gasteiger charge is -2.11. The van der Waals surface area contributed by atoms with Crippen molar-refractivity contribution in [1.82, 2.24) is 14.9 Å². The zero-order chi connectivity index (χ0) is 23.8. The normalized spacial score (nSPS) is 10.9. The number of carbonyl (C=O) groups is 1. The quantitative estimate of drug-likeness (QED) is 0.335. The maximum absolute atomic E-state index is 12.4. The Bertz CT molecular complexity index is 1230. The SMILES string of the molecule is COc1ccc(CC(=O)NCCCc2nc3ccccc3n2CCc2ccccc2)cc1OC. The number of aryl methyl sites for hydroxylation is 3. The number of hydrogen-bond acceptors (Lipinski definition) is 4. The first-order valence-corrected chi connectivity index (χ1v) is 11.6. The van der Waals surface area contributed by atoms with Gasteiger partial charge in [-0.15, -0.1) is 0 Å². The minimum Gasteiger partial charge on any atom is -0.493 e. The van der Waals surface area contributed by atoms with Crippen LogP contribution in [0.2, 0.25) is 0 Å². The average Bonchev–Trinajstić information content (AvgIpc) is 3.23. The third-order valence-corrected chi connectivity index (χ3v) is 5.91. The highest BCUT2D eigenvalue weighted by atomic mass is 16.5. The van der Waals surface area contributed by atoms with E-state index in [1.165, 1.54) is 5.56 Å². The number of para-hydroxylation sites is 2. The van der Waals surface area contributed by atoms with Crippen LogP contribution in [-0.2, 0) is 30.6 Å². The van der Waals surface area contributed by atoms with E-state index in [0.29, 0.717) is 24.5 Å². The van der Waals surface area contributed by atoms with E-state index in [-0.39, 0.29) is 5.91 Å².